The van der Waals surface area contributed by atoms with Crippen LogP contribution in [-0.2, 0) is 27.2 Å². The van der Waals surface area contributed by atoms with Crippen molar-refractivity contribution in [3.8, 4) is 0 Å². The Labute approximate surface area is 146 Å². The lowest BCUT2D eigenvalue weighted by Crippen LogP contribution is -2.44. The van der Waals surface area contributed by atoms with E-state index in [0.717, 1.165) is 5.56 Å². The third-order valence-corrected chi connectivity index (χ3v) is 4.10. The molecule has 1 N–H and O–H groups in total. The van der Waals surface area contributed by atoms with Gasteiger partial charge in [-0.15, -0.1) is 0 Å². The first-order valence-corrected chi connectivity index (χ1v) is 8.04. The molecular formula is C19H19ClO4. The van der Waals surface area contributed by atoms with Crippen LogP contribution in [0, 0.1) is 5.41 Å². The molecule has 2 aromatic rings. The minimum absolute atomic E-state index is 0.0350. The van der Waals surface area contributed by atoms with Gasteiger partial charge in [-0.25, -0.2) is 0 Å². The maximum Gasteiger partial charge on any atom is 0.324 e. The minimum Gasteiger partial charge on any atom is -0.480 e. The Morgan fingerprint density at radius 3 is 2.04 bits per heavy atom. The highest BCUT2D eigenvalue weighted by molar-refractivity contribution is 6.30. The second-order valence-corrected chi connectivity index (χ2v) is 6.01. The van der Waals surface area contributed by atoms with Gasteiger partial charge in [0.15, 0.2) is 5.41 Å². The van der Waals surface area contributed by atoms with Crippen molar-refractivity contribution in [1.29, 1.82) is 0 Å². The molecule has 0 aromatic heterocycles. The fraction of sp³-hybridized carbons (Fsp3) is 0.263. The predicted molar refractivity (Wildman–Crippen MR) is 92.0 cm³/mol. The number of hydrogen-bond acceptors (Lipinski definition) is 3. The van der Waals surface area contributed by atoms with Crippen LogP contribution >= 0.6 is 11.6 Å². The van der Waals surface area contributed by atoms with E-state index in [4.69, 9.17) is 16.3 Å². The van der Waals surface area contributed by atoms with E-state index >= 15 is 0 Å². The zero-order valence-electron chi connectivity index (χ0n) is 13.4. The summed E-state index contributed by atoms with van der Waals surface area (Å²) in [5.74, 6) is -1.92. The summed E-state index contributed by atoms with van der Waals surface area (Å²) in [6, 6.07) is 15.9. The summed E-state index contributed by atoms with van der Waals surface area (Å²) < 4.78 is 5.09. The highest BCUT2D eigenvalue weighted by atomic mass is 35.5. The van der Waals surface area contributed by atoms with E-state index in [2.05, 4.69) is 0 Å². The summed E-state index contributed by atoms with van der Waals surface area (Å²) in [7, 11) is 0. The summed E-state index contributed by atoms with van der Waals surface area (Å²) >= 11 is 5.88. The van der Waals surface area contributed by atoms with Gasteiger partial charge in [0, 0.05) is 5.02 Å². The van der Waals surface area contributed by atoms with Crippen molar-refractivity contribution in [3.05, 3.63) is 70.7 Å². The van der Waals surface area contributed by atoms with E-state index < -0.39 is 17.4 Å². The van der Waals surface area contributed by atoms with E-state index in [-0.39, 0.29) is 19.4 Å². The molecule has 0 radical (unpaired) electrons. The second-order valence-electron chi connectivity index (χ2n) is 5.57. The quantitative estimate of drug-likeness (QED) is 0.612. The fourth-order valence-corrected chi connectivity index (χ4v) is 2.74. The number of carboxylic acid groups (broad SMARTS) is 1. The number of aliphatic carboxylic acids is 1. The first kappa shape index (κ1) is 18.0. The van der Waals surface area contributed by atoms with Gasteiger partial charge in [-0.05, 0) is 43.0 Å². The van der Waals surface area contributed by atoms with Crippen molar-refractivity contribution in [3.63, 3.8) is 0 Å². The van der Waals surface area contributed by atoms with Gasteiger partial charge < -0.3 is 9.84 Å². The Morgan fingerprint density at radius 1 is 1.00 bits per heavy atom. The zero-order valence-corrected chi connectivity index (χ0v) is 14.1. The summed E-state index contributed by atoms with van der Waals surface area (Å²) in [6.07, 6.45) is 0.0951. The molecule has 0 heterocycles. The molecule has 126 valence electrons. The standard InChI is InChI=1S/C19H19ClO4/c1-2-24-18(23)19(17(21)22,12-14-6-4-3-5-7-14)13-15-8-10-16(20)11-9-15/h3-11H,2,12-13H2,1H3,(H,21,22). The van der Waals surface area contributed by atoms with E-state index in [1.807, 2.05) is 18.2 Å². The van der Waals surface area contributed by atoms with Gasteiger partial charge in [0.2, 0.25) is 0 Å². The molecule has 5 heteroatoms. The molecule has 2 aromatic carbocycles. The monoisotopic (exact) mass is 346 g/mol. The van der Waals surface area contributed by atoms with Crippen LogP contribution in [0.5, 0.6) is 0 Å². The molecule has 0 bridgehead atoms. The largest absolute Gasteiger partial charge is 0.480 e. The third kappa shape index (κ3) is 4.15. The highest BCUT2D eigenvalue weighted by Crippen LogP contribution is 2.31. The van der Waals surface area contributed by atoms with Crippen molar-refractivity contribution < 1.29 is 19.4 Å². The first-order chi connectivity index (χ1) is 11.5. The molecule has 0 saturated heterocycles. The van der Waals surface area contributed by atoms with E-state index in [1.54, 1.807) is 43.3 Å². The van der Waals surface area contributed by atoms with Gasteiger partial charge in [-0.2, -0.15) is 0 Å². The van der Waals surface area contributed by atoms with Crippen LogP contribution in [0.15, 0.2) is 54.6 Å². The molecule has 0 aliphatic rings. The van der Waals surface area contributed by atoms with Crippen molar-refractivity contribution in [2.24, 2.45) is 5.41 Å². The molecule has 1 atom stereocenters. The maximum atomic E-state index is 12.6. The lowest BCUT2D eigenvalue weighted by molar-refractivity contribution is -0.168. The van der Waals surface area contributed by atoms with Gasteiger partial charge >= 0.3 is 11.9 Å². The zero-order chi connectivity index (χ0) is 17.6. The summed E-state index contributed by atoms with van der Waals surface area (Å²) in [5.41, 5.74) is -0.196. The van der Waals surface area contributed by atoms with Crippen molar-refractivity contribution in [1.82, 2.24) is 0 Å². The number of benzene rings is 2. The number of ether oxygens (including phenoxy) is 1. The van der Waals surface area contributed by atoms with Crippen molar-refractivity contribution >= 4 is 23.5 Å². The maximum absolute atomic E-state index is 12.6. The van der Waals surface area contributed by atoms with Crippen LogP contribution in [0.25, 0.3) is 0 Å². The summed E-state index contributed by atoms with van der Waals surface area (Å²) in [6.45, 7) is 1.79. The van der Waals surface area contributed by atoms with Gasteiger partial charge in [-0.1, -0.05) is 54.1 Å². The Balaban J connectivity index is 2.42. The Kier molecular flexibility index (Phi) is 5.99. The normalized spacial score (nSPS) is 13.1. The molecule has 0 fully saturated rings. The molecule has 24 heavy (non-hydrogen) atoms. The lowest BCUT2D eigenvalue weighted by Gasteiger charge is -2.27. The topological polar surface area (TPSA) is 63.6 Å². The SMILES string of the molecule is CCOC(=O)C(Cc1ccccc1)(Cc1ccc(Cl)cc1)C(=O)O. The summed E-state index contributed by atoms with van der Waals surface area (Å²) in [4.78, 5) is 24.6. The molecule has 0 amide bonds. The molecular weight excluding hydrogens is 328 g/mol. The summed E-state index contributed by atoms with van der Waals surface area (Å²) in [5, 5.41) is 10.4. The number of halogens is 1. The van der Waals surface area contributed by atoms with Crippen LogP contribution in [0.4, 0.5) is 0 Å². The highest BCUT2D eigenvalue weighted by Gasteiger charge is 2.47. The molecule has 0 spiro atoms. The molecule has 2 rings (SSSR count). The Hall–Kier alpha value is -2.33. The molecule has 0 aliphatic carbocycles. The van der Waals surface area contributed by atoms with Gasteiger partial charge in [0.05, 0.1) is 6.61 Å². The Bertz CT molecular complexity index is 697. The number of carbonyl (C=O) groups excluding carboxylic acids is 1. The van der Waals surface area contributed by atoms with E-state index in [9.17, 15) is 14.7 Å². The minimum atomic E-state index is -1.68. The molecule has 4 nitrogen and oxygen atoms in total. The second kappa shape index (κ2) is 7.97. The van der Waals surface area contributed by atoms with Crippen molar-refractivity contribution in [2.45, 2.75) is 19.8 Å². The average molecular weight is 347 g/mol. The number of hydrogen-bond donors (Lipinski definition) is 1. The van der Waals surface area contributed by atoms with Crippen LogP contribution in [0.1, 0.15) is 18.1 Å². The predicted octanol–water partition coefficient (Wildman–Crippen LogP) is 3.76. The number of carbonyl (C=O) groups is 2. The van der Waals surface area contributed by atoms with Crippen LogP contribution < -0.4 is 0 Å². The lowest BCUT2D eigenvalue weighted by atomic mass is 9.76. The van der Waals surface area contributed by atoms with Gasteiger partial charge in [0.1, 0.15) is 0 Å². The molecule has 0 aliphatic heterocycles. The Morgan fingerprint density at radius 2 is 1.54 bits per heavy atom. The van der Waals surface area contributed by atoms with Gasteiger partial charge in [0.25, 0.3) is 0 Å². The average Bonchev–Trinajstić information content (AvgIpc) is 2.57. The molecule has 0 saturated carbocycles. The third-order valence-electron chi connectivity index (χ3n) is 3.84. The molecule has 1 unspecified atom stereocenters. The smallest absolute Gasteiger partial charge is 0.324 e. The van der Waals surface area contributed by atoms with Crippen molar-refractivity contribution in [2.75, 3.05) is 6.61 Å². The van der Waals surface area contributed by atoms with Crippen LogP contribution in [0.2, 0.25) is 5.02 Å². The number of carboxylic acids is 1. The van der Waals surface area contributed by atoms with Gasteiger partial charge in [-0.3, -0.25) is 9.59 Å². The van der Waals surface area contributed by atoms with Crippen LogP contribution in [-0.4, -0.2) is 23.7 Å². The van der Waals surface area contributed by atoms with Crippen LogP contribution in [0.3, 0.4) is 0 Å². The van der Waals surface area contributed by atoms with E-state index in [1.165, 1.54) is 0 Å². The van der Waals surface area contributed by atoms with E-state index in [0.29, 0.717) is 10.6 Å². The fourth-order valence-electron chi connectivity index (χ4n) is 2.61. The number of esters is 1. The number of rotatable bonds is 7. The first-order valence-electron chi connectivity index (χ1n) is 7.67.